The SMILES string of the molecule is CN(C)CCNC(=O)c1cc(C(=O)N=C(N)N)cc(-c2cc(Cl)ccc2Cl)c1. The molecule has 5 N–H and O–H groups in total. The van der Waals surface area contributed by atoms with Gasteiger partial charge >= 0.3 is 0 Å². The van der Waals surface area contributed by atoms with Gasteiger partial charge in [0.05, 0.1) is 0 Å². The van der Waals surface area contributed by atoms with Crippen LogP contribution in [0.2, 0.25) is 10.0 Å². The fraction of sp³-hybridized carbons (Fsp3) is 0.211. The summed E-state index contributed by atoms with van der Waals surface area (Å²) >= 11 is 12.4. The lowest BCUT2D eigenvalue weighted by Crippen LogP contribution is -2.31. The van der Waals surface area contributed by atoms with Crippen molar-refractivity contribution in [3.63, 3.8) is 0 Å². The number of benzene rings is 2. The third-order valence-electron chi connectivity index (χ3n) is 3.76. The molecule has 9 heteroatoms. The van der Waals surface area contributed by atoms with Gasteiger partial charge in [0.2, 0.25) is 0 Å². The van der Waals surface area contributed by atoms with Crippen LogP contribution in [0.4, 0.5) is 0 Å². The number of carbonyl (C=O) groups is 2. The first kappa shape index (κ1) is 21.7. The molecule has 28 heavy (non-hydrogen) atoms. The zero-order chi connectivity index (χ0) is 20.8. The van der Waals surface area contributed by atoms with Crippen LogP contribution < -0.4 is 16.8 Å². The van der Waals surface area contributed by atoms with E-state index in [0.29, 0.717) is 34.3 Å². The molecule has 7 nitrogen and oxygen atoms in total. The fourth-order valence-electron chi connectivity index (χ4n) is 2.43. The maximum atomic E-state index is 12.6. The average molecular weight is 422 g/mol. The summed E-state index contributed by atoms with van der Waals surface area (Å²) < 4.78 is 0. The number of nitrogens with zero attached hydrogens (tertiary/aromatic N) is 2. The summed E-state index contributed by atoms with van der Waals surface area (Å²) in [6.45, 7) is 1.12. The second-order valence-corrected chi connectivity index (χ2v) is 7.17. The number of rotatable bonds is 6. The molecule has 0 aromatic heterocycles. The van der Waals surface area contributed by atoms with Crippen LogP contribution in [0.3, 0.4) is 0 Å². The Bertz CT molecular complexity index is 925. The molecule has 0 radical (unpaired) electrons. The number of likely N-dealkylation sites (N-methyl/N-ethyl adjacent to an activating group) is 1. The van der Waals surface area contributed by atoms with Crippen molar-refractivity contribution in [3.05, 3.63) is 57.6 Å². The highest BCUT2D eigenvalue weighted by Gasteiger charge is 2.15. The smallest absolute Gasteiger partial charge is 0.280 e. The zero-order valence-electron chi connectivity index (χ0n) is 15.5. The summed E-state index contributed by atoms with van der Waals surface area (Å²) in [5, 5.41) is 3.70. The van der Waals surface area contributed by atoms with E-state index in [1.54, 1.807) is 30.3 Å². The summed E-state index contributed by atoms with van der Waals surface area (Å²) in [7, 11) is 3.81. The number of hydrogen-bond acceptors (Lipinski definition) is 3. The quantitative estimate of drug-likeness (QED) is 0.489. The molecular formula is C19H21Cl2N5O2. The van der Waals surface area contributed by atoms with Crippen molar-refractivity contribution in [2.45, 2.75) is 0 Å². The van der Waals surface area contributed by atoms with Crippen molar-refractivity contribution in [3.8, 4) is 11.1 Å². The predicted octanol–water partition coefficient (Wildman–Crippen LogP) is 2.37. The summed E-state index contributed by atoms with van der Waals surface area (Å²) in [5.74, 6) is -1.36. The summed E-state index contributed by atoms with van der Waals surface area (Å²) in [4.78, 5) is 30.4. The standard InChI is InChI=1S/C19H21Cl2N5O2/c1-26(2)6-5-24-17(27)12-7-11(15-10-14(20)3-4-16(15)21)8-13(9-12)18(28)25-19(22)23/h3-4,7-10H,5-6H2,1-2H3,(H,24,27)(H4,22,23,25,28). The molecule has 148 valence electrons. The van der Waals surface area contributed by atoms with E-state index in [1.807, 2.05) is 19.0 Å². The highest BCUT2D eigenvalue weighted by atomic mass is 35.5. The van der Waals surface area contributed by atoms with Gasteiger partial charge in [-0.05, 0) is 56.1 Å². The van der Waals surface area contributed by atoms with E-state index in [-0.39, 0.29) is 23.0 Å². The number of amides is 2. The number of hydrogen-bond donors (Lipinski definition) is 3. The van der Waals surface area contributed by atoms with Gasteiger partial charge < -0.3 is 21.7 Å². The van der Waals surface area contributed by atoms with E-state index in [0.717, 1.165) is 0 Å². The molecule has 0 spiro atoms. The van der Waals surface area contributed by atoms with Crippen molar-refractivity contribution in [2.75, 3.05) is 27.2 Å². The maximum Gasteiger partial charge on any atom is 0.280 e. The first-order valence-electron chi connectivity index (χ1n) is 8.35. The highest BCUT2D eigenvalue weighted by Crippen LogP contribution is 2.32. The van der Waals surface area contributed by atoms with Crippen molar-refractivity contribution in [2.24, 2.45) is 16.5 Å². The summed E-state index contributed by atoms with van der Waals surface area (Å²) in [5.41, 5.74) is 12.2. The molecule has 2 amide bonds. The van der Waals surface area contributed by atoms with Gasteiger partial charge in [-0.15, -0.1) is 0 Å². The molecule has 2 aromatic carbocycles. The molecule has 0 saturated carbocycles. The van der Waals surface area contributed by atoms with Crippen LogP contribution in [-0.2, 0) is 0 Å². The molecular weight excluding hydrogens is 401 g/mol. The first-order valence-corrected chi connectivity index (χ1v) is 9.10. The highest BCUT2D eigenvalue weighted by molar-refractivity contribution is 6.35. The molecule has 0 aliphatic carbocycles. The fourth-order valence-corrected chi connectivity index (χ4v) is 2.83. The largest absolute Gasteiger partial charge is 0.370 e. The molecule has 0 heterocycles. The average Bonchev–Trinajstić information content (AvgIpc) is 2.62. The molecule has 0 aliphatic heterocycles. The van der Waals surface area contributed by atoms with Crippen LogP contribution in [0, 0.1) is 0 Å². The Morgan fingerprint density at radius 3 is 2.39 bits per heavy atom. The third kappa shape index (κ3) is 5.95. The van der Waals surface area contributed by atoms with Crippen LogP contribution in [0.25, 0.3) is 11.1 Å². The van der Waals surface area contributed by atoms with Crippen LogP contribution in [-0.4, -0.2) is 49.9 Å². The predicted molar refractivity (Wildman–Crippen MR) is 113 cm³/mol. The molecule has 2 aromatic rings. The number of nitrogens with two attached hydrogens (primary N) is 2. The lowest BCUT2D eigenvalue weighted by Gasteiger charge is -2.13. The minimum Gasteiger partial charge on any atom is -0.370 e. The van der Waals surface area contributed by atoms with Crippen LogP contribution >= 0.6 is 23.2 Å². The molecule has 0 unspecified atom stereocenters. The molecule has 0 atom stereocenters. The Morgan fingerprint density at radius 2 is 1.75 bits per heavy atom. The molecule has 0 saturated heterocycles. The number of aliphatic imine (C=N–C) groups is 1. The van der Waals surface area contributed by atoms with Gasteiger partial charge in [-0.2, -0.15) is 4.99 Å². The van der Waals surface area contributed by atoms with Gasteiger partial charge in [0.1, 0.15) is 0 Å². The summed E-state index contributed by atoms with van der Waals surface area (Å²) in [6, 6.07) is 9.57. The van der Waals surface area contributed by atoms with E-state index in [4.69, 9.17) is 34.7 Å². The van der Waals surface area contributed by atoms with E-state index in [9.17, 15) is 9.59 Å². The van der Waals surface area contributed by atoms with Gasteiger partial charge in [0.25, 0.3) is 11.8 Å². The second kappa shape index (κ2) is 9.54. The number of nitrogens with one attached hydrogen (secondary N) is 1. The van der Waals surface area contributed by atoms with Crippen molar-refractivity contribution in [1.82, 2.24) is 10.2 Å². The lowest BCUT2D eigenvalue weighted by atomic mass is 9.99. The number of guanidine groups is 1. The topological polar surface area (TPSA) is 114 Å². The van der Waals surface area contributed by atoms with Crippen molar-refractivity contribution >= 4 is 41.0 Å². The Labute approximate surface area is 173 Å². The summed E-state index contributed by atoms with van der Waals surface area (Å²) in [6.07, 6.45) is 0. The van der Waals surface area contributed by atoms with Gasteiger partial charge in [0.15, 0.2) is 5.96 Å². The second-order valence-electron chi connectivity index (χ2n) is 6.32. The zero-order valence-corrected chi connectivity index (χ0v) is 17.0. The Morgan fingerprint density at radius 1 is 1.07 bits per heavy atom. The Kier molecular flexibility index (Phi) is 7.39. The minimum atomic E-state index is -0.664. The van der Waals surface area contributed by atoms with Crippen LogP contribution in [0.5, 0.6) is 0 Å². The van der Waals surface area contributed by atoms with Gasteiger partial charge in [-0.1, -0.05) is 23.2 Å². The van der Waals surface area contributed by atoms with Gasteiger partial charge in [0, 0.05) is 39.8 Å². The van der Waals surface area contributed by atoms with E-state index < -0.39 is 5.91 Å². The van der Waals surface area contributed by atoms with Gasteiger partial charge in [-0.3, -0.25) is 9.59 Å². The number of halogens is 2. The first-order chi connectivity index (χ1) is 13.2. The monoisotopic (exact) mass is 421 g/mol. The molecule has 0 fully saturated rings. The minimum absolute atomic E-state index is 0.153. The normalized spacial score (nSPS) is 10.6. The number of carbonyl (C=O) groups excluding carboxylic acids is 2. The molecule has 2 rings (SSSR count). The van der Waals surface area contributed by atoms with Crippen molar-refractivity contribution in [1.29, 1.82) is 0 Å². The van der Waals surface area contributed by atoms with E-state index >= 15 is 0 Å². The third-order valence-corrected chi connectivity index (χ3v) is 4.32. The van der Waals surface area contributed by atoms with Crippen LogP contribution in [0.1, 0.15) is 20.7 Å². The lowest BCUT2D eigenvalue weighted by molar-refractivity contribution is 0.0951. The van der Waals surface area contributed by atoms with Crippen molar-refractivity contribution < 1.29 is 9.59 Å². The van der Waals surface area contributed by atoms with Crippen LogP contribution in [0.15, 0.2) is 41.4 Å². The van der Waals surface area contributed by atoms with E-state index in [1.165, 1.54) is 6.07 Å². The maximum absolute atomic E-state index is 12.6. The molecule has 0 bridgehead atoms. The Hall–Kier alpha value is -2.61. The van der Waals surface area contributed by atoms with Gasteiger partial charge in [-0.25, -0.2) is 0 Å². The Balaban J connectivity index is 2.50. The molecule has 0 aliphatic rings. The van der Waals surface area contributed by atoms with E-state index in [2.05, 4.69) is 10.3 Å².